The van der Waals surface area contributed by atoms with Crippen LogP contribution in [0.3, 0.4) is 0 Å². The zero-order valence-electron chi connectivity index (χ0n) is 16.5. The lowest BCUT2D eigenvalue weighted by Crippen LogP contribution is -2.47. The summed E-state index contributed by atoms with van der Waals surface area (Å²) in [5.74, 6) is 0.0128. The number of nitrogens with zero attached hydrogens (tertiary/aromatic N) is 3. The van der Waals surface area contributed by atoms with E-state index in [4.69, 9.17) is 11.6 Å². The minimum absolute atomic E-state index is 0.0128. The Morgan fingerprint density at radius 1 is 1.14 bits per heavy atom. The molecule has 0 aromatic heterocycles. The van der Waals surface area contributed by atoms with Crippen LogP contribution in [0.5, 0.6) is 0 Å². The predicted molar refractivity (Wildman–Crippen MR) is 112 cm³/mol. The first-order chi connectivity index (χ1) is 13.5. The van der Waals surface area contributed by atoms with Crippen molar-refractivity contribution in [1.29, 1.82) is 0 Å². The molecular weight excluding hydrogens is 378 g/mol. The molecule has 3 amide bonds. The van der Waals surface area contributed by atoms with Gasteiger partial charge in [0, 0.05) is 56.4 Å². The van der Waals surface area contributed by atoms with Crippen LogP contribution in [0.1, 0.15) is 19.8 Å². The largest absolute Gasteiger partial charge is 0.338 e. The Hall–Kier alpha value is -1.83. The normalized spacial score (nSPS) is 21.1. The van der Waals surface area contributed by atoms with Gasteiger partial charge in [-0.05, 0) is 43.8 Å². The molecule has 0 saturated carbocycles. The van der Waals surface area contributed by atoms with Gasteiger partial charge in [-0.2, -0.15) is 0 Å². The molecule has 1 atom stereocenters. The number of halogens is 1. The first-order valence-electron chi connectivity index (χ1n) is 10.1. The first-order valence-corrected chi connectivity index (χ1v) is 10.5. The highest BCUT2D eigenvalue weighted by Gasteiger charge is 2.31. The Morgan fingerprint density at radius 2 is 1.82 bits per heavy atom. The quantitative estimate of drug-likeness (QED) is 0.676. The van der Waals surface area contributed by atoms with E-state index in [-0.39, 0.29) is 18.0 Å². The molecule has 154 valence electrons. The average molecular weight is 408 g/mol. The molecule has 28 heavy (non-hydrogen) atoms. The van der Waals surface area contributed by atoms with E-state index in [2.05, 4.69) is 27.4 Å². The molecule has 8 heteroatoms. The standard InChI is InChI=1S/C20H30ClN5O2/c1-2-24-10-12-25(13-11-24)9-3-8-22-20(28)23-17-14-19(27)26(15-17)18-6-4-16(21)5-7-18/h4-7,17H,2-3,8-15H2,1H3,(H2,22,23,28)/t17-/m0/s1. The summed E-state index contributed by atoms with van der Waals surface area (Å²) in [5.41, 5.74) is 0.808. The third-order valence-corrected chi connectivity index (χ3v) is 5.70. The molecule has 1 aromatic carbocycles. The van der Waals surface area contributed by atoms with Gasteiger partial charge in [-0.3, -0.25) is 4.79 Å². The van der Waals surface area contributed by atoms with Crippen LogP contribution in [-0.4, -0.2) is 80.1 Å². The van der Waals surface area contributed by atoms with Crippen LogP contribution in [0, 0.1) is 0 Å². The van der Waals surface area contributed by atoms with Gasteiger partial charge in [0.1, 0.15) is 0 Å². The van der Waals surface area contributed by atoms with Gasteiger partial charge in [0.15, 0.2) is 0 Å². The van der Waals surface area contributed by atoms with Crippen LogP contribution in [0.4, 0.5) is 10.5 Å². The number of hydrogen-bond acceptors (Lipinski definition) is 4. The van der Waals surface area contributed by atoms with Crippen molar-refractivity contribution in [3.05, 3.63) is 29.3 Å². The highest BCUT2D eigenvalue weighted by molar-refractivity contribution is 6.30. The van der Waals surface area contributed by atoms with E-state index in [1.165, 1.54) is 0 Å². The van der Waals surface area contributed by atoms with Crippen molar-refractivity contribution in [3.63, 3.8) is 0 Å². The Kier molecular flexibility index (Phi) is 7.53. The van der Waals surface area contributed by atoms with Crippen LogP contribution in [-0.2, 0) is 4.79 Å². The second-order valence-electron chi connectivity index (χ2n) is 7.41. The third-order valence-electron chi connectivity index (χ3n) is 5.45. The van der Waals surface area contributed by atoms with E-state index in [0.29, 0.717) is 24.5 Å². The van der Waals surface area contributed by atoms with Crippen LogP contribution in [0.15, 0.2) is 24.3 Å². The second kappa shape index (κ2) is 10.1. The maximum atomic E-state index is 12.2. The molecule has 2 heterocycles. The van der Waals surface area contributed by atoms with Crippen molar-refractivity contribution < 1.29 is 9.59 Å². The molecule has 2 fully saturated rings. The van der Waals surface area contributed by atoms with E-state index in [1.807, 2.05) is 12.1 Å². The monoisotopic (exact) mass is 407 g/mol. The molecule has 1 aromatic rings. The minimum atomic E-state index is -0.202. The number of nitrogens with one attached hydrogen (secondary N) is 2. The van der Waals surface area contributed by atoms with E-state index >= 15 is 0 Å². The summed E-state index contributed by atoms with van der Waals surface area (Å²) in [6.45, 7) is 9.91. The molecular formula is C20H30ClN5O2. The van der Waals surface area contributed by atoms with Gasteiger partial charge in [0.25, 0.3) is 0 Å². The summed E-state index contributed by atoms with van der Waals surface area (Å²) in [4.78, 5) is 31.0. The Balaban J connectivity index is 1.33. The number of piperazine rings is 1. The number of carbonyl (C=O) groups excluding carboxylic acids is 2. The molecule has 2 saturated heterocycles. The molecule has 0 aliphatic carbocycles. The zero-order chi connectivity index (χ0) is 19.9. The number of amides is 3. The number of benzene rings is 1. The number of likely N-dealkylation sites (N-methyl/N-ethyl adjacent to an activating group) is 1. The smallest absolute Gasteiger partial charge is 0.315 e. The molecule has 0 spiro atoms. The van der Waals surface area contributed by atoms with Gasteiger partial charge in [0.05, 0.1) is 6.04 Å². The maximum absolute atomic E-state index is 12.2. The number of carbonyl (C=O) groups is 2. The lowest BCUT2D eigenvalue weighted by molar-refractivity contribution is -0.117. The zero-order valence-corrected chi connectivity index (χ0v) is 17.2. The van der Waals surface area contributed by atoms with Crippen LogP contribution in [0.2, 0.25) is 5.02 Å². The third kappa shape index (κ3) is 5.83. The van der Waals surface area contributed by atoms with E-state index in [1.54, 1.807) is 17.0 Å². The fourth-order valence-corrected chi connectivity index (χ4v) is 3.87. The fraction of sp³-hybridized carbons (Fsp3) is 0.600. The molecule has 7 nitrogen and oxygen atoms in total. The first kappa shape index (κ1) is 20.9. The highest BCUT2D eigenvalue weighted by Crippen LogP contribution is 2.23. The number of anilines is 1. The van der Waals surface area contributed by atoms with Crippen molar-refractivity contribution in [2.75, 3.05) is 57.3 Å². The Labute approximate surface area is 172 Å². The number of urea groups is 1. The van der Waals surface area contributed by atoms with E-state index in [0.717, 1.165) is 51.4 Å². The molecule has 0 unspecified atom stereocenters. The molecule has 2 N–H and O–H groups in total. The van der Waals surface area contributed by atoms with Crippen LogP contribution >= 0.6 is 11.6 Å². The van der Waals surface area contributed by atoms with Crippen LogP contribution in [0.25, 0.3) is 0 Å². The maximum Gasteiger partial charge on any atom is 0.315 e. The van der Waals surface area contributed by atoms with E-state index in [9.17, 15) is 9.59 Å². The number of hydrogen-bond donors (Lipinski definition) is 2. The van der Waals surface area contributed by atoms with Gasteiger partial charge in [-0.15, -0.1) is 0 Å². The van der Waals surface area contributed by atoms with Gasteiger partial charge < -0.3 is 25.3 Å². The topological polar surface area (TPSA) is 67.9 Å². The van der Waals surface area contributed by atoms with Gasteiger partial charge >= 0.3 is 6.03 Å². The van der Waals surface area contributed by atoms with Gasteiger partial charge in [0.2, 0.25) is 5.91 Å². The summed E-state index contributed by atoms with van der Waals surface area (Å²) >= 11 is 5.90. The Bertz CT molecular complexity index is 661. The summed E-state index contributed by atoms with van der Waals surface area (Å²) in [6.07, 6.45) is 1.25. The molecule has 0 bridgehead atoms. The summed E-state index contributed by atoms with van der Waals surface area (Å²) in [6, 6.07) is 6.79. The lowest BCUT2D eigenvalue weighted by atomic mass is 10.2. The molecule has 2 aliphatic rings. The van der Waals surface area contributed by atoms with Crippen molar-refractivity contribution in [1.82, 2.24) is 20.4 Å². The summed E-state index contributed by atoms with van der Waals surface area (Å²) in [5, 5.41) is 6.46. The van der Waals surface area contributed by atoms with Crippen LogP contribution < -0.4 is 15.5 Å². The number of rotatable bonds is 7. The molecule has 3 rings (SSSR count). The van der Waals surface area contributed by atoms with Crippen molar-refractivity contribution in [2.45, 2.75) is 25.8 Å². The Morgan fingerprint density at radius 3 is 2.50 bits per heavy atom. The van der Waals surface area contributed by atoms with E-state index < -0.39 is 0 Å². The highest BCUT2D eigenvalue weighted by atomic mass is 35.5. The summed E-state index contributed by atoms with van der Waals surface area (Å²) < 4.78 is 0. The average Bonchev–Trinajstić information content (AvgIpc) is 3.06. The van der Waals surface area contributed by atoms with Crippen molar-refractivity contribution in [2.24, 2.45) is 0 Å². The molecule has 0 radical (unpaired) electrons. The second-order valence-corrected chi connectivity index (χ2v) is 7.85. The fourth-order valence-electron chi connectivity index (χ4n) is 3.74. The van der Waals surface area contributed by atoms with Crippen molar-refractivity contribution in [3.8, 4) is 0 Å². The SMILES string of the molecule is CCN1CCN(CCCNC(=O)N[C@H]2CC(=O)N(c3ccc(Cl)cc3)C2)CC1. The predicted octanol–water partition coefficient (Wildman–Crippen LogP) is 1.77. The van der Waals surface area contributed by atoms with Gasteiger partial charge in [-0.25, -0.2) is 4.79 Å². The summed E-state index contributed by atoms with van der Waals surface area (Å²) in [7, 11) is 0. The minimum Gasteiger partial charge on any atom is -0.338 e. The molecule has 2 aliphatic heterocycles. The van der Waals surface area contributed by atoms with Gasteiger partial charge in [-0.1, -0.05) is 18.5 Å². The lowest BCUT2D eigenvalue weighted by Gasteiger charge is -2.33. The van der Waals surface area contributed by atoms with Crippen molar-refractivity contribution >= 4 is 29.2 Å².